The highest BCUT2D eigenvalue weighted by atomic mass is 35.5. The van der Waals surface area contributed by atoms with Crippen LogP contribution in [0.15, 0.2) is 71.6 Å². The van der Waals surface area contributed by atoms with Crippen LogP contribution in [0.25, 0.3) is 11.1 Å². The first kappa shape index (κ1) is 31.5. The van der Waals surface area contributed by atoms with Gasteiger partial charge in [-0.15, -0.1) is 0 Å². The van der Waals surface area contributed by atoms with Crippen LogP contribution in [0.3, 0.4) is 0 Å². The number of likely N-dealkylation sites (N-methyl/N-ethyl adjacent to an activating group) is 1. The Hall–Kier alpha value is -2.06. The summed E-state index contributed by atoms with van der Waals surface area (Å²) in [6.07, 6.45) is 3.15. The number of halogens is 2. The lowest BCUT2D eigenvalue weighted by Gasteiger charge is -2.29. The minimum Gasteiger partial charge on any atom is -0.481 e. The third-order valence-corrected chi connectivity index (χ3v) is 8.25. The molecular weight excluding hydrogens is 551 g/mol. The van der Waals surface area contributed by atoms with Crippen molar-refractivity contribution in [3.8, 4) is 11.1 Å². The Kier molecular flexibility index (Phi) is 12.2. The molecule has 3 rings (SSSR count). The van der Waals surface area contributed by atoms with Crippen LogP contribution in [0.5, 0.6) is 0 Å². The van der Waals surface area contributed by atoms with Gasteiger partial charge in [0.05, 0.1) is 11.1 Å². The Bertz CT molecular complexity index is 1210. The fraction of sp³-hybridized carbons (Fsp3) is 0.387. The van der Waals surface area contributed by atoms with Gasteiger partial charge >= 0.3 is 5.97 Å². The first-order valence-electron chi connectivity index (χ1n) is 13.2. The van der Waals surface area contributed by atoms with E-state index in [2.05, 4.69) is 43.4 Å². The first-order chi connectivity index (χ1) is 18.5. The van der Waals surface area contributed by atoms with Crippen molar-refractivity contribution in [1.82, 2.24) is 9.62 Å². The number of carboxylic acids is 1. The molecule has 3 aromatic rings. The van der Waals surface area contributed by atoms with E-state index >= 15 is 0 Å². The monoisotopic (exact) mass is 588 g/mol. The Morgan fingerprint density at radius 1 is 1.03 bits per heavy atom. The van der Waals surface area contributed by atoms with Gasteiger partial charge in [-0.1, -0.05) is 77.8 Å². The van der Waals surface area contributed by atoms with Crippen molar-refractivity contribution in [3.05, 3.63) is 87.9 Å². The van der Waals surface area contributed by atoms with E-state index in [1.807, 2.05) is 47.8 Å². The van der Waals surface area contributed by atoms with Crippen LogP contribution >= 0.6 is 35.1 Å². The maximum atomic E-state index is 10.9. The topological polar surface area (TPSA) is 72.8 Å². The zero-order chi connectivity index (χ0) is 28.4. The van der Waals surface area contributed by atoms with Crippen LogP contribution in [0.2, 0.25) is 10.0 Å². The molecule has 0 amide bonds. The van der Waals surface area contributed by atoms with Crippen LogP contribution in [-0.2, 0) is 17.6 Å². The van der Waals surface area contributed by atoms with Crippen molar-refractivity contribution in [2.45, 2.75) is 62.5 Å². The summed E-state index contributed by atoms with van der Waals surface area (Å²) >= 11 is 14.4. The number of aryl methyl sites for hydroxylation is 2. The SMILES string of the molecule is CN(C[C@H](O)CNC(C)(C)CCCc1ccccc1)Sc1c(Cl)cc(Cl)cc1-c1ccc(CCC(=O)O)cc1. The average molecular weight is 590 g/mol. The number of carbonyl (C=O) groups is 1. The van der Waals surface area contributed by atoms with E-state index < -0.39 is 12.1 Å². The molecule has 0 aliphatic carbocycles. The van der Waals surface area contributed by atoms with E-state index in [1.54, 1.807) is 6.07 Å². The second-order valence-electron chi connectivity index (χ2n) is 10.5. The van der Waals surface area contributed by atoms with Gasteiger partial charge in [-0.2, -0.15) is 0 Å². The summed E-state index contributed by atoms with van der Waals surface area (Å²) in [7, 11) is 1.93. The molecule has 0 fully saturated rings. The maximum absolute atomic E-state index is 10.9. The summed E-state index contributed by atoms with van der Waals surface area (Å²) in [4.78, 5) is 11.7. The molecule has 0 bridgehead atoms. The fourth-order valence-corrected chi connectivity index (χ4v) is 5.96. The highest BCUT2D eigenvalue weighted by molar-refractivity contribution is 7.97. The van der Waals surface area contributed by atoms with Crippen molar-refractivity contribution >= 4 is 41.1 Å². The third-order valence-electron chi connectivity index (χ3n) is 6.54. The molecule has 210 valence electrons. The van der Waals surface area contributed by atoms with E-state index in [9.17, 15) is 9.90 Å². The van der Waals surface area contributed by atoms with Crippen LogP contribution in [0.4, 0.5) is 0 Å². The van der Waals surface area contributed by atoms with E-state index in [0.717, 1.165) is 40.8 Å². The lowest BCUT2D eigenvalue weighted by Crippen LogP contribution is -2.45. The number of nitrogens with zero attached hydrogens (tertiary/aromatic N) is 1. The maximum Gasteiger partial charge on any atom is 0.303 e. The Labute approximate surface area is 246 Å². The van der Waals surface area contributed by atoms with Gasteiger partial charge < -0.3 is 15.5 Å². The second kappa shape index (κ2) is 15.1. The predicted octanol–water partition coefficient (Wildman–Crippen LogP) is 7.37. The molecule has 0 heterocycles. The van der Waals surface area contributed by atoms with Crippen LogP contribution < -0.4 is 5.32 Å². The van der Waals surface area contributed by atoms with E-state index in [1.165, 1.54) is 17.5 Å². The predicted molar refractivity (Wildman–Crippen MR) is 164 cm³/mol. The van der Waals surface area contributed by atoms with Gasteiger partial charge in [0.15, 0.2) is 0 Å². The number of rotatable bonds is 15. The van der Waals surface area contributed by atoms with E-state index in [-0.39, 0.29) is 12.0 Å². The van der Waals surface area contributed by atoms with Crippen LogP contribution in [-0.4, -0.2) is 52.3 Å². The van der Waals surface area contributed by atoms with Gasteiger partial charge in [-0.25, -0.2) is 4.31 Å². The summed E-state index contributed by atoms with van der Waals surface area (Å²) in [5, 5.41) is 24.3. The van der Waals surface area contributed by atoms with Crippen molar-refractivity contribution in [3.63, 3.8) is 0 Å². The molecule has 0 aromatic heterocycles. The standard InChI is InChI=1S/C31H38Cl2N2O3S/c1-31(2,17-7-10-22-8-5-4-6-9-22)34-20-26(36)21-35(3)39-30-27(18-25(32)19-28(30)33)24-14-11-23(12-15-24)13-16-29(37)38/h4-6,8-9,11-12,14-15,18-19,26,34,36H,7,10,13,16-17,20-21H2,1-3H3,(H,37,38)/t26-/m1/s1. The Balaban J connectivity index is 1.56. The average Bonchev–Trinajstić information content (AvgIpc) is 2.88. The molecule has 3 aromatic carbocycles. The molecule has 39 heavy (non-hydrogen) atoms. The molecule has 0 radical (unpaired) electrons. The number of β-amino-alcohol motifs (C(OH)–C–C–N with tert-alkyl or cyclic N) is 1. The number of hydrogen-bond donors (Lipinski definition) is 3. The molecule has 0 saturated heterocycles. The minimum absolute atomic E-state index is 0.0786. The van der Waals surface area contributed by atoms with Gasteiger partial charge in [0, 0.05) is 35.0 Å². The fourth-order valence-electron chi connectivity index (χ4n) is 4.39. The number of aliphatic hydroxyl groups excluding tert-OH is 1. The van der Waals surface area contributed by atoms with Gasteiger partial charge in [0.2, 0.25) is 0 Å². The Morgan fingerprint density at radius 2 is 1.69 bits per heavy atom. The highest BCUT2D eigenvalue weighted by Crippen LogP contribution is 2.40. The lowest BCUT2D eigenvalue weighted by molar-refractivity contribution is -0.136. The normalized spacial score (nSPS) is 12.6. The number of benzene rings is 3. The molecular formula is C31H38Cl2N2O3S. The molecule has 0 aliphatic heterocycles. The zero-order valence-electron chi connectivity index (χ0n) is 22.8. The summed E-state index contributed by atoms with van der Waals surface area (Å²) in [6.45, 7) is 5.29. The van der Waals surface area contributed by atoms with Gasteiger partial charge in [0.1, 0.15) is 0 Å². The number of hydrogen-bond acceptors (Lipinski definition) is 5. The van der Waals surface area contributed by atoms with Crippen LogP contribution in [0.1, 0.15) is 44.2 Å². The van der Waals surface area contributed by atoms with Crippen molar-refractivity contribution in [1.29, 1.82) is 0 Å². The molecule has 0 spiro atoms. The number of carboxylic acid groups (broad SMARTS) is 1. The molecule has 5 nitrogen and oxygen atoms in total. The first-order valence-corrected chi connectivity index (χ1v) is 14.7. The van der Waals surface area contributed by atoms with Crippen molar-refractivity contribution < 1.29 is 15.0 Å². The molecule has 1 atom stereocenters. The smallest absolute Gasteiger partial charge is 0.303 e. The van der Waals surface area contributed by atoms with Crippen molar-refractivity contribution in [2.24, 2.45) is 0 Å². The third kappa shape index (κ3) is 10.8. The van der Waals surface area contributed by atoms with Crippen LogP contribution in [0, 0.1) is 0 Å². The molecule has 0 saturated carbocycles. The summed E-state index contributed by atoms with van der Waals surface area (Å²) in [5.74, 6) is -0.813. The number of aliphatic hydroxyl groups is 1. The van der Waals surface area contributed by atoms with E-state index in [0.29, 0.717) is 29.6 Å². The lowest BCUT2D eigenvalue weighted by atomic mass is 9.95. The van der Waals surface area contributed by atoms with Gasteiger partial charge in [0.25, 0.3) is 0 Å². The molecule has 0 aliphatic rings. The van der Waals surface area contributed by atoms with Gasteiger partial charge in [-0.05, 0) is 92.9 Å². The summed E-state index contributed by atoms with van der Waals surface area (Å²) in [6, 6.07) is 21.9. The number of aliphatic carboxylic acids is 1. The van der Waals surface area contributed by atoms with Gasteiger partial charge in [-0.3, -0.25) is 4.79 Å². The van der Waals surface area contributed by atoms with Crippen molar-refractivity contribution in [2.75, 3.05) is 20.1 Å². The second-order valence-corrected chi connectivity index (χ2v) is 12.6. The molecule has 0 unspecified atom stereocenters. The quantitative estimate of drug-likeness (QED) is 0.161. The zero-order valence-corrected chi connectivity index (χ0v) is 25.1. The Morgan fingerprint density at radius 3 is 2.36 bits per heavy atom. The summed E-state index contributed by atoms with van der Waals surface area (Å²) in [5.41, 5.74) is 4.06. The molecule has 8 heteroatoms. The number of nitrogens with one attached hydrogen (secondary N) is 1. The largest absolute Gasteiger partial charge is 0.481 e. The van der Waals surface area contributed by atoms with E-state index in [4.69, 9.17) is 28.3 Å². The summed E-state index contributed by atoms with van der Waals surface area (Å²) < 4.78 is 1.98. The minimum atomic E-state index is -0.813. The highest BCUT2D eigenvalue weighted by Gasteiger charge is 2.20. The molecule has 3 N–H and O–H groups in total.